The molecule has 0 fully saturated rings. The van der Waals surface area contributed by atoms with E-state index < -0.39 is 0 Å². The first-order valence-corrected chi connectivity index (χ1v) is 10.7. The van der Waals surface area contributed by atoms with Gasteiger partial charge in [-0.2, -0.15) is 5.26 Å². The zero-order valence-corrected chi connectivity index (χ0v) is 17.8. The maximum Gasteiger partial charge on any atom is 0.234 e. The van der Waals surface area contributed by atoms with Crippen LogP contribution in [-0.4, -0.2) is 24.2 Å². The van der Waals surface area contributed by atoms with E-state index in [1.807, 2.05) is 19.1 Å². The van der Waals surface area contributed by atoms with Gasteiger partial charge in [0.2, 0.25) is 11.8 Å². The first kappa shape index (κ1) is 21.8. The fourth-order valence-corrected chi connectivity index (χ4v) is 4.05. The van der Waals surface area contributed by atoms with Gasteiger partial charge < -0.3 is 15.4 Å². The molecule has 0 saturated carbocycles. The number of nitriles is 1. The summed E-state index contributed by atoms with van der Waals surface area (Å²) in [5.74, 6) is -0.00818. The van der Waals surface area contributed by atoms with Gasteiger partial charge in [-0.1, -0.05) is 35.5 Å². The van der Waals surface area contributed by atoms with Crippen molar-refractivity contribution in [2.24, 2.45) is 0 Å². The van der Waals surface area contributed by atoms with Crippen LogP contribution in [0.25, 0.3) is 0 Å². The van der Waals surface area contributed by atoms with Crippen LogP contribution >= 0.6 is 23.4 Å². The number of allylic oxidation sites excluding steroid dienone is 1. The Labute approximate surface area is 184 Å². The average Bonchev–Trinajstić information content (AvgIpc) is 2.74. The molecule has 1 atom stereocenters. The molecule has 0 bridgehead atoms. The fraction of sp³-hybridized carbons (Fsp3) is 0.227. The SMILES string of the molecule is CCOc1ccc(NC(=O)CSC2=C(C#N)C(c3ccc(Cl)cc3)CC(=O)N2)cc1. The Morgan fingerprint density at radius 1 is 1.27 bits per heavy atom. The smallest absolute Gasteiger partial charge is 0.234 e. The first-order chi connectivity index (χ1) is 14.5. The lowest BCUT2D eigenvalue weighted by Gasteiger charge is -2.25. The van der Waals surface area contributed by atoms with E-state index >= 15 is 0 Å². The Morgan fingerprint density at radius 2 is 1.97 bits per heavy atom. The summed E-state index contributed by atoms with van der Waals surface area (Å²) in [6, 6.07) is 16.3. The minimum atomic E-state index is -0.363. The predicted octanol–water partition coefficient (Wildman–Crippen LogP) is 4.45. The van der Waals surface area contributed by atoms with Crippen molar-refractivity contribution in [2.75, 3.05) is 17.7 Å². The van der Waals surface area contributed by atoms with Crippen molar-refractivity contribution < 1.29 is 14.3 Å². The second-order valence-corrected chi connectivity index (χ2v) is 7.93. The molecule has 3 rings (SSSR count). The Kier molecular flexibility index (Phi) is 7.39. The molecule has 2 amide bonds. The number of carbonyl (C=O) groups excluding carboxylic acids is 2. The van der Waals surface area contributed by atoms with E-state index in [4.69, 9.17) is 16.3 Å². The van der Waals surface area contributed by atoms with Crippen molar-refractivity contribution in [3.05, 3.63) is 69.7 Å². The van der Waals surface area contributed by atoms with E-state index in [0.29, 0.717) is 27.9 Å². The van der Waals surface area contributed by atoms with Crippen LogP contribution in [0.4, 0.5) is 5.69 Å². The van der Waals surface area contributed by atoms with Crippen LogP contribution in [0.15, 0.2) is 59.1 Å². The summed E-state index contributed by atoms with van der Waals surface area (Å²) in [7, 11) is 0. The molecule has 0 aliphatic carbocycles. The molecule has 2 aromatic rings. The number of halogens is 1. The molecule has 2 aromatic carbocycles. The van der Waals surface area contributed by atoms with Crippen LogP contribution in [0.5, 0.6) is 5.75 Å². The number of thioether (sulfide) groups is 1. The van der Waals surface area contributed by atoms with E-state index in [-0.39, 0.29) is 29.9 Å². The van der Waals surface area contributed by atoms with E-state index in [0.717, 1.165) is 23.1 Å². The van der Waals surface area contributed by atoms with Gasteiger partial charge in [-0.3, -0.25) is 9.59 Å². The Hall–Kier alpha value is -2.95. The van der Waals surface area contributed by atoms with Crippen molar-refractivity contribution in [2.45, 2.75) is 19.3 Å². The number of hydrogen-bond acceptors (Lipinski definition) is 5. The lowest BCUT2D eigenvalue weighted by molar-refractivity contribution is -0.121. The van der Waals surface area contributed by atoms with Gasteiger partial charge in [0.05, 0.1) is 29.0 Å². The third-order valence-electron chi connectivity index (χ3n) is 4.43. The van der Waals surface area contributed by atoms with Gasteiger partial charge in [0, 0.05) is 23.0 Å². The molecule has 2 N–H and O–H groups in total. The summed E-state index contributed by atoms with van der Waals surface area (Å²) < 4.78 is 5.38. The first-order valence-electron chi connectivity index (χ1n) is 9.35. The van der Waals surface area contributed by atoms with Gasteiger partial charge in [0.15, 0.2) is 0 Å². The highest BCUT2D eigenvalue weighted by atomic mass is 35.5. The van der Waals surface area contributed by atoms with Crippen molar-refractivity contribution >= 4 is 40.9 Å². The second-order valence-electron chi connectivity index (χ2n) is 6.51. The molecule has 1 aliphatic heterocycles. The van der Waals surface area contributed by atoms with Crippen molar-refractivity contribution in [1.82, 2.24) is 5.32 Å². The highest BCUT2D eigenvalue weighted by Gasteiger charge is 2.29. The van der Waals surface area contributed by atoms with Crippen LogP contribution in [0.2, 0.25) is 5.02 Å². The normalized spacial score (nSPS) is 15.9. The van der Waals surface area contributed by atoms with Gasteiger partial charge in [0.25, 0.3) is 0 Å². The zero-order chi connectivity index (χ0) is 21.5. The predicted molar refractivity (Wildman–Crippen MR) is 118 cm³/mol. The van der Waals surface area contributed by atoms with Crippen LogP contribution in [0.1, 0.15) is 24.8 Å². The third kappa shape index (κ3) is 5.56. The maximum absolute atomic E-state index is 12.3. The van der Waals surface area contributed by atoms with Gasteiger partial charge in [-0.25, -0.2) is 0 Å². The zero-order valence-electron chi connectivity index (χ0n) is 16.3. The van der Waals surface area contributed by atoms with Gasteiger partial charge >= 0.3 is 0 Å². The molecular weight excluding hydrogens is 422 g/mol. The minimum Gasteiger partial charge on any atom is -0.494 e. The molecule has 30 heavy (non-hydrogen) atoms. The summed E-state index contributed by atoms with van der Waals surface area (Å²) >= 11 is 7.08. The highest BCUT2D eigenvalue weighted by molar-refractivity contribution is 8.03. The molecule has 0 saturated heterocycles. The molecule has 1 aliphatic rings. The lowest BCUT2D eigenvalue weighted by atomic mass is 9.87. The number of amides is 2. The number of nitrogens with one attached hydrogen (secondary N) is 2. The molecule has 0 spiro atoms. The summed E-state index contributed by atoms with van der Waals surface area (Å²) in [4.78, 5) is 24.5. The molecule has 0 aromatic heterocycles. The van der Waals surface area contributed by atoms with Gasteiger partial charge in [-0.15, -0.1) is 0 Å². The average molecular weight is 442 g/mol. The summed E-state index contributed by atoms with van der Waals surface area (Å²) in [5, 5.41) is 16.2. The summed E-state index contributed by atoms with van der Waals surface area (Å²) in [6.45, 7) is 2.47. The Bertz CT molecular complexity index is 998. The quantitative estimate of drug-likeness (QED) is 0.662. The molecule has 154 valence electrons. The van der Waals surface area contributed by atoms with Crippen LogP contribution in [0.3, 0.4) is 0 Å². The molecular formula is C22H20ClN3O3S. The standard InChI is InChI=1S/C22H20ClN3O3S/c1-2-29-17-9-7-16(8-10-17)25-21(28)13-30-22-19(12-24)18(11-20(27)26-22)14-3-5-15(23)6-4-14/h3-10,18H,2,11,13H2,1H3,(H,25,28)(H,26,27). The number of hydrogen-bond donors (Lipinski definition) is 2. The molecule has 1 unspecified atom stereocenters. The highest BCUT2D eigenvalue weighted by Crippen LogP contribution is 2.36. The number of ether oxygens (including phenoxy) is 1. The second kappa shape index (κ2) is 10.2. The number of anilines is 1. The Balaban J connectivity index is 1.68. The number of benzene rings is 2. The van der Waals surface area contributed by atoms with Crippen LogP contribution < -0.4 is 15.4 Å². The fourth-order valence-electron chi connectivity index (χ4n) is 3.05. The third-order valence-corrected chi connectivity index (χ3v) is 5.69. The summed E-state index contributed by atoms with van der Waals surface area (Å²) in [6.07, 6.45) is 0.174. The van der Waals surface area contributed by atoms with Gasteiger partial charge in [-0.05, 0) is 48.9 Å². The number of carbonyl (C=O) groups is 2. The van der Waals surface area contributed by atoms with E-state index in [1.54, 1.807) is 36.4 Å². The van der Waals surface area contributed by atoms with Crippen molar-refractivity contribution in [3.63, 3.8) is 0 Å². The monoisotopic (exact) mass is 441 g/mol. The van der Waals surface area contributed by atoms with Crippen LogP contribution in [0, 0.1) is 11.3 Å². The van der Waals surface area contributed by atoms with Crippen molar-refractivity contribution in [3.8, 4) is 11.8 Å². The molecule has 8 heteroatoms. The number of rotatable bonds is 7. The van der Waals surface area contributed by atoms with Crippen LogP contribution in [-0.2, 0) is 9.59 Å². The topological polar surface area (TPSA) is 91.2 Å². The molecule has 0 radical (unpaired) electrons. The molecule has 1 heterocycles. The van der Waals surface area contributed by atoms with E-state index in [1.165, 1.54) is 0 Å². The lowest BCUT2D eigenvalue weighted by Crippen LogP contribution is -2.31. The summed E-state index contributed by atoms with van der Waals surface area (Å²) in [5.41, 5.74) is 1.92. The van der Waals surface area contributed by atoms with E-state index in [9.17, 15) is 14.9 Å². The van der Waals surface area contributed by atoms with Gasteiger partial charge in [0.1, 0.15) is 5.75 Å². The minimum absolute atomic E-state index is 0.0569. The Morgan fingerprint density at radius 3 is 2.60 bits per heavy atom. The molecule has 6 nitrogen and oxygen atoms in total. The maximum atomic E-state index is 12.3. The largest absolute Gasteiger partial charge is 0.494 e. The van der Waals surface area contributed by atoms with Crippen molar-refractivity contribution in [1.29, 1.82) is 5.26 Å². The number of nitrogens with zero attached hydrogens (tertiary/aromatic N) is 1. The van der Waals surface area contributed by atoms with E-state index in [2.05, 4.69) is 16.7 Å².